The van der Waals surface area contributed by atoms with Gasteiger partial charge in [0.05, 0.1) is 37.1 Å². The van der Waals surface area contributed by atoms with E-state index in [-0.39, 0.29) is 5.91 Å². The van der Waals surface area contributed by atoms with Crippen LogP contribution in [0.1, 0.15) is 18.5 Å². The highest BCUT2D eigenvalue weighted by molar-refractivity contribution is 5.82. The molecule has 0 unspecified atom stereocenters. The predicted octanol–water partition coefficient (Wildman–Crippen LogP) is 1.51. The Bertz CT molecular complexity index is 715. The maximum atomic E-state index is 12.8. The normalized spacial score (nSPS) is 16.2. The molecule has 3 rings (SSSR count). The second-order valence-corrected chi connectivity index (χ2v) is 6.60. The topological polar surface area (TPSA) is 77.4 Å². The minimum atomic E-state index is -0.446. The monoisotopic (exact) mass is 358 g/mol. The van der Waals surface area contributed by atoms with Crippen LogP contribution < -0.4 is 15.4 Å². The van der Waals surface area contributed by atoms with Crippen LogP contribution in [0.4, 0.5) is 0 Å². The number of aromatic nitrogens is 2. The largest absolute Gasteiger partial charge is 0.497 e. The van der Waals surface area contributed by atoms with Gasteiger partial charge in [-0.3, -0.25) is 4.79 Å². The molecule has 1 fully saturated rings. The Morgan fingerprint density at radius 3 is 2.62 bits per heavy atom. The number of piperidine rings is 1. The molecule has 7 heteroatoms. The highest BCUT2D eigenvalue weighted by Crippen LogP contribution is 2.29. The first-order chi connectivity index (χ1) is 12.7. The molecule has 1 aliphatic heterocycles. The lowest BCUT2D eigenvalue weighted by atomic mass is 9.78. The summed E-state index contributed by atoms with van der Waals surface area (Å²) >= 11 is 0. The van der Waals surface area contributed by atoms with Crippen molar-refractivity contribution >= 4 is 5.91 Å². The van der Waals surface area contributed by atoms with Crippen molar-refractivity contribution in [2.75, 3.05) is 33.9 Å². The Hall–Kier alpha value is -2.38. The van der Waals surface area contributed by atoms with Crippen LogP contribution in [0.2, 0.25) is 0 Å². The van der Waals surface area contributed by atoms with Crippen LogP contribution in [0, 0.1) is 5.41 Å². The molecule has 0 spiro atoms. The molecule has 0 bridgehead atoms. The molecule has 1 aromatic carbocycles. The Labute approximate surface area is 153 Å². The fourth-order valence-corrected chi connectivity index (χ4v) is 3.31. The van der Waals surface area contributed by atoms with Crippen molar-refractivity contribution in [3.63, 3.8) is 0 Å². The summed E-state index contributed by atoms with van der Waals surface area (Å²) in [5.41, 5.74) is 1.31. The van der Waals surface area contributed by atoms with Gasteiger partial charge in [-0.15, -0.1) is 0 Å². The molecule has 26 heavy (non-hydrogen) atoms. The Balaban J connectivity index is 1.62. The van der Waals surface area contributed by atoms with E-state index >= 15 is 0 Å². The number of hydrogen-bond acceptors (Lipinski definition) is 5. The van der Waals surface area contributed by atoms with Crippen molar-refractivity contribution in [3.05, 3.63) is 42.2 Å². The number of benzene rings is 1. The third-order valence-corrected chi connectivity index (χ3v) is 4.87. The number of carbonyl (C=O) groups excluding carboxylic acids is 1. The lowest BCUT2D eigenvalue weighted by molar-refractivity contribution is -0.136. The van der Waals surface area contributed by atoms with Gasteiger partial charge in [0.15, 0.2) is 0 Å². The molecule has 1 saturated heterocycles. The van der Waals surface area contributed by atoms with Crippen molar-refractivity contribution in [2.45, 2.75) is 19.4 Å². The van der Waals surface area contributed by atoms with Crippen LogP contribution in [-0.4, -0.2) is 49.6 Å². The second kappa shape index (κ2) is 8.33. The van der Waals surface area contributed by atoms with Crippen molar-refractivity contribution in [1.82, 2.24) is 20.4 Å². The highest BCUT2D eigenvalue weighted by Gasteiger charge is 2.39. The minimum Gasteiger partial charge on any atom is -0.497 e. The number of rotatable bonds is 7. The van der Waals surface area contributed by atoms with Crippen molar-refractivity contribution in [2.24, 2.45) is 5.41 Å². The summed E-state index contributed by atoms with van der Waals surface area (Å²) in [7, 11) is 3.29. The number of nitrogens with one attached hydrogen (secondary N) is 2. The summed E-state index contributed by atoms with van der Waals surface area (Å²) in [6.45, 7) is 2.52. The predicted molar refractivity (Wildman–Crippen MR) is 98.4 cm³/mol. The summed E-state index contributed by atoms with van der Waals surface area (Å²) < 4.78 is 12.3. The summed E-state index contributed by atoms with van der Waals surface area (Å²) in [4.78, 5) is 12.8. The van der Waals surface area contributed by atoms with Gasteiger partial charge < -0.3 is 20.1 Å². The molecule has 2 N–H and O–H groups in total. The molecule has 0 radical (unpaired) electrons. The van der Waals surface area contributed by atoms with Gasteiger partial charge in [0, 0.05) is 13.3 Å². The van der Waals surface area contributed by atoms with E-state index < -0.39 is 5.41 Å². The Morgan fingerprint density at radius 1 is 1.23 bits per heavy atom. The Morgan fingerprint density at radius 2 is 1.96 bits per heavy atom. The molecule has 1 aliphatic rings. The summed E-state index contributed by atoms with van der Waals surface area (Å²) in [6, 6.07) is 9.58. The van der Waals surface area contributed by atoms with E-state index in [0.717, 1.165) is 43.1 Å². The maximum Gasteiger partial charge on any atom is 0.228 e. The number of hydrogen-bond donors (Lipinski definition) is 2. The molecule has 1 amide bonds. The SMILES string of the molecule is COCC1(C(=O)NCc2ccn(-c3ccc(OC)cc3)n2)CCNCC1. The average Bonchev–Trinajstić information content (AvgIpc) is 3.16. The van der Waals surface area contributed by atoms with E-state index in [1.165, 1.54) is 0 Å². The van der Waals surface area contributed by atoms with E-state index in [9.17, 15) is 4.79 Å². The molecule has 7 nitrogen and oxygen atoms in total. The molecule has 2 heterocycles. The number of amides is 1. The smallest absolute Gasteiger partial charge is 0.228 e. The second-order valence-electron chi connectivity index (χ2n) is 6.60. The van der Waals surface area contributed by atoms with Gasteiger partial charge in [-0.2, -0.15) is 5.10 Å². The first-order valence-corrected chi connectivity index (χ1v) is 8.84. The highest BCUT2D eigenvalue weighted by atomic mass is 16.5. The zero-order valence-electron chi connectivity index (χ0n) is 15.3. The van der Waals surface area contributed by atoms with Gasteiger partial charge in [-0.1, -0.05) is 0 Å². The van der Waals surface area contributed by atoms with Crippen molar-refractivity contribution in [1.29, 1.82) is 0 Å². The van der Waals surface area contributed by atoms with Crippen LogP contribution in [-0.2, 0) is 16.1 Å². The summed E-state index contributed by atoms with van der Waals surface area (Å²) in [5, 5.41) is 10.9. The van der Waals surface area contributed by atoms with E-state index in [0.29, 0.717) is 13.2 Å². The first kappa shape index (κ1) is 18.4. The van der Waals surface area contributed by atoms with Crippen molar-refractivity contribution < 1.29 is 14.3 Å². The third-order valence-electron chi connectivity index (χ3n) is 4.87. The molecular weight excluding hydrogens is 332 g/mol. The van der Waals surface area contributed by atoms with Crippen LogP contribution in [0.25, 0.3) is 5.69 Å². The number of carbonyl (C=O) groups is 1. The van der Waals surface area contributed by atoms with Crippen LogP contribution >= 0.6 is 0 Å². The zero-order valence-corrected chi connectivity index (χ0v) is 15.3. The van der Waals surface area contributed by atoms with Gasteiger partial charge in [-0.25, -0.2) is 4.68 Å². The maximum absolute atomic E-state index is 12.8. The average molecular weight is 358 g/mol. The van der Waals surface area contributed by atoms with Gasteiger partial charge in [0.2, 0.25) is 5.91 Å². The van der Waals surface area contributed by atoms with E-state index in [1.807, 2.05) is 36.5 Å². The fourth-order valence-electron chi connectivity index (χ4n) is 3.31. The summed E-state index contributed by atoms with van der Waals surface area (Å²) in [5.74, 6) is 0.846. The van der Waals surface area contributed by atoms with E-state index in [2.05, 4.69) is 15.7 Å². The molecule has 0 saturated carbocycles. The number of nitrogens with zero attached hydrogens (tertiary/aromatic N) is 2. The van der Waals surface area contributed by atoms with Crippen LogP contribution in [0.3, 0.4) is 0 Å². The van der Waals surface area contributed by atoms with Gasteiger partial charge in [-0.05, 0) is 56.3 Å². The molecule has 0 atom stereocenters. The molecule has 0 aliphatic carbocycles. The molecular formula is C19H26N4O3. The van der Waals surface area contributed by atoms with Crippen LogP contribution in [0.5, 0.6) is 5.75 Å². The van der Waals surface area contributed by atoms with Gasteiger partial charge in [0.25, 0.3) is 0 Å². The fraction of sp³-hybridized carbons (Fsp3) is 0.474. The van der Waals surface area contributed by atoms with E-state index in [4.69, 9.17) is 9.47 Å². The Kier molecular flexibility index (Phi) is 5.90. The third kappa shape index (κ3) is 4.05. The van der Waals surface area contributed by atoms with Crippen LogP contribution in [0.15, 0.2) is 36.5 Å². The van der Waals surface area contributed by atoms with Gasteiger partial charge in [0.1, 0.15) is 5.75 Å². The minimum absolute atomic E-state index is 0.0415. The lowest BCUT2D eigenvalue weighted by Gasteiger charge is -2.35. The zero-order chi connectivity index (χ0) is 18.4. The van der Waals surface area contributed by atoms with E-state index in [1.54, 1.807) is 18.9 Å². The lowest BCUT2D eigenvalue weighted by Crippen LogP contribution is -2.50. The van der Waals surface area contributed by atoms with Gasteiger partial charge >= 0.3 is 0 Å². The standard InChI is InChI=1S/C19H26N4O3/c1-25-14-19(8-10-20-11-9-19)18(24)21-13-15-7-12-23(22-15)16-3-5-17(26-2)6-4-16/h3-7,12,20H,8-11,13-14H2,1-2H3,(H,21,24). The molecule has 140 valence electrons. The van der Waals surface area contributed by atoms with Crippen molar-refractivity contribution in [3.8, 4) is 11.4 Å². The number of methoxy groups -OCH3 is 2. The molecule has 1 aromatic heterocycles. The quantitative estimate of drug-likeness (QED) is 0.785. The molecule has 2 aromatic rings. The number of ether oxygens (including phenoxy) is 2. The summed E-state index contributed by atoms with van der Waals surface area (Å²) in [6.07, 6.45) is 3.46. The first-order valence-electron chi connectivity index (χ1n) is 8.84.